The van der Waals surface area contributed by atoms with Crippen LogP contribution in [-0.2, 0) is 21.6 Å². The van der Waals surface area contributed by atoms with Gasteiger partial charge in [0.1, 0.15) is 11.9 Å². The average molecular weight is 282 g/mol. The molecule has 0 bridgehead atoms. The van der Waals surface area contributed by atoms with E-state index in [0.717, 1.165) is 29.4 Å². The lowest BCUT2D eigenvalue weighted by Crippen LogP contribution is -2.55. The van der Waals surface area contributed by atoms with Crippen LogP contribution in [0.1, 0.15) is 11.1 Å². The zero-order valence-corrected chi connectivity index (χ0v) is 12.2. The van der Waals surface area contributed by atoms with E-state index >= 15 is 0 Å². The van der Waals surface area contributed by atoms with Crippen molar-refractivity contribution in [2.45, 2.75) is 18.1 Å². The van der Waals surface area contributed by atoms with Crippen molar-refractivity contribution in [3.8, 4) is 0 Å². The SMILES string of the molecule is COC12C=C(C=O)CN(C)C1Cc1c[nH]c3cccc2c13. The molecule has 21 heavy (non-hydrogen) atoms. The van der Waals surface area contributed by atoms with E-state index in [1.807, 2.05) is 12.1 Å². The molecule has 1 aromatic heterocycles. The van der Waals surface area contributed by atoms with Crippen LogP contribution in [0.5, 0.6) is 0 Å². The molecular weight excluding hydrogens is 264 g/mol. The van der Waals surface area contributed by atoms with Gasteiger partial charge in [-0.05, 0) is 36.7 Å². The first kappa shape index (κ1) is 12.8. The highest BCUT2D eigenvalue weighted by atomic mass is 16.5. The number of hydrogen-bond donors (Lipinski definition) is 1. The van der Waals surface area contributed by atoms with Gasteiger partial charge in [-0.1, -0.05) is 12.1 Å². The Morgan fingerprint density at radius 3 is 3.10 bits per heavy atom. The minimum Gasteiger partial charge on any atom is -0.368 e. The number of likely N-dealkylation sites (N-methyl/N-ethyl adjacent to an activating group) is 1. The first-order valence-corrected chi connectivity index (χ1v) is 7.21. The number of fused-ring (bicyclic) bond motifs is 2. The predicted molar refractivity (Wildman–Crippen MR) is 81.3 cm³/mol. The molecule has 4 nitrogen and oxygen atoms in total. The highest BCUT2D eigenvalue weighted by molar-refractivity contribution is 5.89. The maximum atomic E-state index is 11.3. The van der Waals surface area contributed by atoms with E-state index in [0.29, 0.717) is 6.54 Å². The number of rotatable bonds is 2. The van der Waals surface area contributed by atoms with Crippen LogP contribution in [0.2, 0.25) is 0 Å². The van der Waals surface area contributed by atoms with E-state index in [1.165, 1.54) is 10.9 Å². The lowest BCUT2D eigenvalue weighted by Gasteiger charge is -2.48. The van der Waals surface area contributed by atoms with Gasteiger partial charge in [0.15, 0.2) is 0 Å². The number of aromatic nitrogens is 1. The third-order valence-corrected chi connectivity index (χ3v) is 4.97. The Hall–Kier alpha value is -1.91. The summed E-state index contributed by atoms with van der Waals surface area (Å²) in [5.41, 5.74) is 3.85. The van der Waals surface area contributed by atoms with Crippen LogP contribution < -0.4 is 0 Å². The summed E-state index contributed by atoms with van der Waals surface area (Å²) >= 11 is 0. The number of hydrogen-bond acceptors (Lipinski definition) is 3. The van der Waals surface area contributed by atoms with Crippen molar-refractivity contribution in [1.82, 2.24) is 9.88 Å². The molecule has 0 amide bonds. The summed E-state index contributed by atoms with van der Waals surface area (Å²) in [6.07, 6.45) is 5.99. The van der Waals surface area contributed by atoms with Crippen LogP contribution in [0, 0.1) is 0 Å². The molecule has 0 saturated heterocycles. The molecule has 1 aromatic carbocycles. The Balaban J connectivity index is 2.06. The first-order valence-electron chi connectivity index (χ1n) is 7.21. The van der Waals surface area contributed by atoms with Crippen LogP contribution in [-0.4, -0.2) is 42.9 Å². The van der Waals surface area contributed by atoms with E-state index in [-0.39, 0.29) is 6.04 Å². The van der Waals surface area contributed by atoms with Gasteiger partial charge in [0.25, 0.3) is 0 Å². The molecule has 0 fully saturated rings. The first-order chi connectivity index (χ1) is 10.2. The topological polar surface area (TPSA) is 45.3 Å². The molecule has 2 unspecified atom stereocenters. The molecular formula is C17H18N2O2. The minimum absolute atomic E-state index is 0.208. The zero-order chi connectivity index (χ0) is 14.6. The van der Waals surface area contributed by atoms with Gasteiger partial charge in [0.05, 0.1) is 6.04 Å². The van der Waals surface area contributed by atoms with Crippen molar-refractivity contribution >= 4 is 17.2 Å². The third kappa shape index (κ3) is 1.54. The fraction of sp³-hybridized carbons (Fsp3) is 0.353. The second kappa shape index (κ2) is 4.29. The third-order valence-electron chi connectivity index (χ3n) is 4.97. The van der Waals surface area contributed by atoms with Crippen LogP contribution in [0.4, 0.5) is 0 Å². The summed E-state index contributed by atoms with van der Waals surface area (Å²) in [6.45, 7) is 0.676. The number of H-pyrrole nitrogens is 1. The van der Waals surface area contributed by atoms with Crippen LogP contribution in [0.3, 0.4) is 0 Å². The zero-order valence-electron chi connectivity index (χ0n) is 12.2. The smallest absolute Gasteiger partial charge is 0.147 e. The maximum Gasteiger partial charge on any atom is 0.147 e. The molecule has 0 radical (unpaired) electrons. The van der Waals surface area contributed by atoms with Crippen molar-refractivity contribution in [1.29, 1.82) is 0 Å². The van der Waals surface area contributed by atoms with Crippen molar-refractivity contribution in [2.24, 2.45) is 0 Å². The summed E-state index contributed by atoms with van der Waals surface area (Å²) in [6, 6.07) is 6.46. The van der Waals surface area contributed by atoms with Crippen molar-refractivity contribution in [3.05, 3.63) is 47.2 Å². The monoisotopic (exact) mass is 282 g/mol. The van der Waals surface area contributed by atoms with Gasteiger partial charge in [-0.15, -0.1) is 0 Å². The molecule has 0 saturated carbocycles. The summed E-state index contributed by atoms with van der Waals surface area (Å²) < 4.78 is 6.01. The Kier molecular flexibility index (Phi) is 2.62. The van der Waals surface area contributed by atoms with Gasteiger partial charge in [0.2, 0.25) is 0 Å². The van der Waals surface area contributed by atoms with Gasteiger partial charge < -0.3 is 9.72 Å². The number of nitrogens with zero attached hydrogens (tertiary/aromatic N) is 1. The summed E-state index contributed by atoms with van der Waals surface area (Å²) in [4.78, 5) is 16.9. The van der Waals surface area contributed by atoms with Crippen molar-refractivity contribution in [3.63, 3.8) is 0 Å². The van der Waals surface area contributed by atoms with Crippen molar-refractivity contribution in [2.75, 3.05) is 20.7 Å². The molecule has 1 aliphatic heterocycles. The Morgan fingerprint density at radius 2 is 2.33 bits per heavy atom. The Labute approximate surface area is 123 Å². The quantitative estimate of drug-likeness (QED) is 0.857. The fourth-order valence-corrected chi connectivity index (χ4v) is 4.03. The van der Waals surface area contributed by atoms with Crippen LogP contribution >= 0.6 is 0 Å². The van der Waals surface area contributed by atoms with Gasteiger partial charge in [-0.25, -0.2) is 0 Å². The molecule has 1 aliphatic carbocycles. The standard InChI is InChI=1S/C17H18N2O2/c1-19-9-11(10-20)7-17(21-2)13-4-3-5-14-16(13)12(8-18-14)6-15(17)19/h3-5,7-8,10,15,18H,6,9H2,1-2H3. The Bertz CT molecular complexity index is 761. The number of methoxy groups -OCH3 is 1. The number of carbonyl (C=O) groups is 1. The van der Waals surface area contributed by atoms with Gasteiger partial charge in [-0.3, -0.25) is 9.69 Å². The highest BCUT2D eigenvalue weighted by Gasteiger charge is 2.48. The largest absolute Gasteiger partial charge is 0.368 e. The van der Waals surface area contributed by atoms with Crippen LogP contribution in [0.15, 0.2) is 36.0 Å². The molecule has 108 valence electrons. The lowest BCUT2D eigenvalue weighted by atomic mass is 9.73. The van der Waals surface area contributed by atoms with Crippen molar-refractivity contribution < 1.29 is 9.53 Å². The summed E-state index contributed by atoms with van der Waals surface area (Å²) in [5, 5.41) is 1.24. The average Bonchev–Trinajstić information content (AvgIpc) is 2.93. The molecule has 0 spiro atoms. The molecule has 2 heterocycles. The number of nitrogens with one attached hydrogen (secondary N) is 1. The molecule has 1 N–H and O–H groups in total. The van der Waals surface area contributed by atoms with E-state index in [1.54, 1.807) is 7.11 Å². The lowest BCUT2D eigenvalue weighted by molar-refractivity contribution is -0.106. The number of aromatic amines is 1. The van der Waals surface area contributed by atoms with Gasteiger partial charge in [0, 0.05) is 36.3 Å². The number of carbonyl (C=O) groups excluding carboxylic acids is 1. The second-order valence-electron chi connectivity index (χ2n) is 6.01. The molecule has 2 atom stereocenters. The van der Waals surface area contributed by atoms with Gasteiger partial charge in [-0.2, -0.15) is 0 Å². The van der Waals surface area contributed by atoms with E-state index in [2.05, 4.69) is 35.3 Å². The number of benzene rings is 1. The van der Waals surface area contributed by atoms with Gasteiger partial charge >= 0.3 is 0 Å². The minimum atomic E-state index is -0.544. The molecule has 2 aromatic rings. The number of aldehydes is 1. The Morgan fingerprint density at radius 1 is 1.48 bits per heavy atom. The van der Waals surface area contributed by atoms with E-state index in [9.17, 15) is 4.79 Å². The predicted octanol–water partition coefficient (Wildman–Crippen LogP) is 2.00. The molecule has 4 heteroatoms. The highest BCUT2D eigenvalue weighted by Crippen LogP contribution is 2.46. The maximum absolute atomic E-state index is 11.3. The molecule has 4 rings (SSSR count). The normalized spacial score (nSPS) is 28.3. The molecule has 2 aliphatic rings. The van der Waals surface area contributed by atoms with Crippen LogP contribution in [0.25, 0.3) is 10.9 Å². The fourth-order valence-electron chi connectivity index (χ4n) is 4.03. The van der Waals surface area contributed by atoms with E-state index < -0.39 is 5.60 Å². The second-order valence-corrected chi connectivity index (χ2v) is 6.01. The number of ether oxygens (including phenoxy) is 1. The summed E-state index contributed by atoms with van der Waals surface area (Å²) in [5.74, 6) is 0. The summed E-state index contributed by atoms with van der Waals surface area (Å²) in [7, 11) is 3.80. The van der Waals surface area contributed by atoms with E-state index in [4.69, 9.17) is 4.74 Å².